The zero-order chi connectivity index (χ0) is 22.2. The minimum atomic E-state index is -0.457. The normalized spacial score (nSPS) is 11.7. The summed E-state index contributed by atoms with van der Waals surface area (Å²) in [6, 6.07) is 26.9. The molecule has 0 aliphatic heterocycles. The summed E-state index contributed by atoms with van der Waals surface area (Å²) in [5, 5.41) is 14.7. The van der Waals surface area contributed by atoms with E-state index in [1.54, 1.807) is 0 Å². The van der Waals surface area contributed by atoms with E-state index in [2.05, 4.69) is 33.0 Å². The smallest absolute Gasteiger partial charge is 0.319 e. The van der Waals surface area contributed by atoms with Crippen LogP contribution in [0.1, 0.15) is 28.6 Å². The molecule has 0 fully saturated rings. The Bertz CT molecular complexity index is 1130. The number of hydrogen-bond acceptors (Lipinski definition) is 5. The molecular weight excluding hydrogens is 420 g/mol. The molecule has 7 heteroatoms. The Morgan fingerprint density at radius 2 is 1.56 bits per heavy atom. The fraction of sp³-hybridized carbons (Fsp3) is 0.160. The molecule has 3 aromatic carbocycles. The molecule has 0 radical (unpaired) electrons. The van der Waals surface area contributed by atoms with Gasteiger partial charge in [0.1, 0.15) is 6.04 Å². The number of amides is 2. The molecule has 2 N–H and O–H groups in total. The number of benzene rings is 3. The van der Waals surface area contributed by atoms with Crippen LogP contribution in [0.4, 0.5) is 10.5 Å². The quantitative estimate of drug-likeness (QED) is 0.337. The van der Waals surface area contributed by atoms with E-state index in [-0.39, 0.29) is 6.03 Å². The highest BCUT2D eigenvalue weighted by Gasteiger charge is 2.22. The molecule has 4 rings (SSSR count). The first-order valence-electron chi connectivity index (χ1n) is 10.3. The van der Waals surface area contributed by atoms with Gasteiger partial charge in [0.05, 0.1) is 0 Å². The number of rotatable bonds is 8. The molecule has 1 heterocycles. The van der Waals surface area contributed by atoms with Crippen LogP contribution in [0.2, 0.25) is 0 Å². The van der Waals surface area contributed by atoms with Gasteiger partial charge in [0, 0.05) is 17.9 Å². The Balaban J connectivity index is 1.45. The summed E-state index contributed by atoms with van der Waals surface area (Å²) < 4.78 is 5.90. The van der Waals surface area contributed by atoms with Crippen molar-refractivity contribution in [1.82, 2.24) is 15.5 Å². The zero-order valence-corrected chi connectivity index (χ0v) is 18.5. The molecule has 0 spiro atoms. The van der Waals surface area contributed by atoms with Crippen LogP contribution in [0, 0.1) is 6.92 Å². The summed E-state index contributed by atoms with van der Waals surface area (Å²) in [6.45, 7) is 2.00. The Hall–Kier alpha value is -3.58. The van der Waals surface area contributed by atoms with Crippen LogP contribution in [-0.4, -0.2) is 16.2 Å². The van der Waals surface area contributed by atoms with Gasteiger partial charge in [-0.05, 0) is 30.2 Å². The molecule has 0 saturated heterocycles. The molecule has 0 aliphatic carbocycles. The number of nitrogens with zero attached hydrogens (tertiary/aromatic N) is 2. The van der Waals surface area contributed by atoms with Crippen LogP contribution in [-0.2, 0) is 12.2 Å². The second-order valence-corrected chi connectivity index (χ2v) is 8.31. The average Bonchev–Trinajstić information content (AvgIpc) is 3.29. The second-order valence-electron chi connectivity index (χ2n) is 7.39. The molecule has 0 bridgehead atoms. The Kier molecular flexibility index (Phi) is 7.19. The zero-order valence-electron chi connectivity index (χ0n) is 17.7. The third kappa shape index (κ3) is 6.21. The summed E-state index contributed by atoms with van der Waals surface area (Å²) >= 11 is 1.47. The van der Waals surface area contributed by atoms with E-state index in [9.17, 15) is 4.79 Å². The summed E-state index contributed by atoms with van der Waals surface area (Å²) in [5.74, 6) is 1.11. The number of carbonyl (C=O) groups excluding carboxylic acids is 1. The molecule has 0 unspecified atom stereocenters. The van der Waals surface area contributed by atoms with Crippen molar-refractivity contribution in [2.75, 3.05) is 5.32 Å². The Morgan fingerprint density at radius 3 is 2.25 bits per heavy atom. The van der Waals surface area contributed by atoms with Gasteiger partial charge in [-0.15, -0.1) is 10.2 Å². The second kappa shape index (κ2) is 10.6. The number of hydrogen-bond donors (Lipinski definition) is 2. The predicted octanol–water partition coefficient (Wildman–Crippen LogP) is 5.78. The highest BCUT2D eigenvalue weighted by Crippen LogP contribution is 2.25. The summed E-state index contributed by atoms with van der Waals surface area (Å²) in [4.78, 5) is 12.7. The van der Waals surface area contributed by atoms with Crippen molar-refractivity contribution in [1.29, 1.82) is 0 Å². The van der Waals surface area contributed by atoms with Crippen molar-refractivity contribution < 1.29 is 9.21 Å². The number of anilines is 1. The SMILES string of the molecule is Cc1ccc(NC(=O)N[C@@H](Cc2ccccc2)c2nnc(SCc3ccccc3)o2)cc1. The molecule has 32 heavy (non-hydrogen) atoms. The van der Waals surface area contributed by atoms with E-state index in [1.165, 1.54) is 17.3 Å². The lowest BCUT2D eigenvalue weighted by Crippen LogP contribution is -2.34. The fourth-order valence-electron chi connectivity index (χ4n) is 3.15. The van der Waals surface area contributed by atoms with Crippen molar-refractivity contribution >= 4 is 23.5 Å². The van der Waals surface area contributed by atoms with E-state index >= 15 is 0 Å². The highest BCUT2D eigenvalue weighted by molar-refractivity contribution is 7.98. The number of urea groups is 1. The third-order valence-electron chi connectivity index (χ3n) is 4.82. The van der Waals surface area contributed by atoms with Gasteiger partial charge in [0.2, 0.25) is 5.89 Å². The Labute approximate surface area is 191 Å². The first kappa shape index (κ1) is 21.6. The number of aromatic nitrogens is 2. The number of thioether (sulfide) groups is 1. The maximum atomic E-state index is 12.7. The topological polar surface area (TPSA) is 80.0 Å². The molecule has 1 atom stereocenters. The van der Waals surface area contributed by atoms with Crippen molar-refractivity contribution in [2.45, 2.75) is 30.4 Å². The highest BCUT2D eigenvalue weighted by atomic mass is 32.2. The van der Waals surface area contributed by atoms with Gasteiger partial charge in [-0.25, -0.2) is 4.79 Å². The van der Waals surface area contributed by atoms with Crippen molar-refractivity contribution in [3.63, 3.8) is 0 Å². The lowest BCUT2D eigenvalue weighted by Gasteiger charge is -2.16. The molecule has 4 aromatic rings. The summed E-state index contributed by atoms with van der Waals surface area (Å²) in [7, 11) is 0. The van der Waals surface area contributed by atoms with Gasteiger partial charge in [-0.3, -0.25) is 0 Å². The standard InChI is InChI=1S/C25H24N4O2S/c1-18-12-14-21(15-13-18)26-24(30)27-22(16-19-8-4-2-5-9-19)23-28-29-25(31-23)32-17-20-10-6-3-7-11-20/h2-15,22H,16-17H2,1H3,(H2,26,27,30)/t22-/m0/s1. The first-order valence-corrected chi connectivity index (χ1v) is 11.3. The van der Waals surface area contributed by atoms with Crippen LogP contribution >= 0.6 is 11.8 Å². The largest absolute Gasteiger partial charge is 0.414 e. The number of carbonyl (C=O) groups is 1. The minimum Gasteiger partial charge on any atom is -0.414 e. The maximum absolute atomic E-state index is 12.7. The van der Waals surface area contributed by atoms with Crippen LogP contribution in [0.15, 0.2) is 94.6 Å². The van der Waals surface area contributed by atoms with E-state index in [4.69, 9.17) is 4.42 Å². The van der Waals surface area contributed by atoms with Gasteiger partial charge in [-0.2, -0.15) is 0 Å². The van der Waals surface area contributed by atoms with Crippen LogP contribution in [0.3, 0.4) is 0 Å². The van der Waals surface area contributed by atoms with Crippen molar-refractivity contribution in [2.24, 2.45) is 0 Å². The molecule has 1 aromatic heterocycles. The Morgan fingerprint density at radius 1 is 0.906 bits per heavy atom. The van der Waals surface area contributed by atoms with E-state index < -0.39 is 6.04 Å². The third-order valence-corrected chi connectivity index (χ3v) is 5.71. The van der Waals surface area contributed by atoms with Gasteiger partial charge < -0.3 is 15.1 Å². The van der Waals surface area contributed by atoms with Crippen LogP contribution < -0.4 is 10.6 Å². The number of aryl methyl sites for hydroxylation is 1. The number of nitrogens with one attached hydrogen (secondary N) is 2. The van der Waals surface area contributed by atoms with Gasteiger partial charge >= 0.3 is 6.03 Å². The lowest BCUT2D eigenvalue weighted by molar-refractivity contribution is 0.244. The predicted molar refractivity (Wildman–Crippen MR) is 127 cm³/mol. The first-order chi connectivity index (χ1) is 15.7. The van der Waals surface area contributed by atoms with E-state index in [1.807, 2.05) is 79.7 Å². The van der Waals surface area contributed by atoms with Gasteiger partial charge in [0.25, 0.3) is 5.22 Å². The van der Waals surface area contributed by atoms with Crippen LogP contribution in [0.5, 0.6) is 0 Å². The van der Waals surface area contributed by atoms with Crippen molar-refractivity contribution in [3.8, 4) is 0 Å². The van der Waals surface area contributed by atoms with Crippen molar-refractivity contribution in [3.05, 3.63) is 108 Å². The summed E-state index contributed by atoms with van der Waals surface area (Å²) in [5.41, 5.74) is 4.08. The minimum absolute atomic E-state index is 0.327. The van der Waals surface area contributed by atoms with Crippen LogP contribution in [0.25, 0.3) is 0 Å². The molecule has 0 saturated carbocycles. The molecular formula is C25H24N4O2S. The molecule has 0 aliphatic rings. The lowest BCUT2D eigenvalue weighted by atomic mass is 10.1. The summed E-state index contributed by atoms with van der Waals surface area (Å²) in [6.07, 6.45) is 0.535. The molecule has 162 valence electrons. The van der Waals surface area contributed by atoms with E-state index in [0.717, 1.165) is 22.6 Å². The monoisotopic (exact) mass is 444 g/mol. The fourth-order valence-corrected chi connectivity index (χ4v) is 3.88. The molecule has 6 nitrogen and oxygen atoms in total. The average molecular weight is 445 g/mol. The van der Waals surface area contributed by atoms with E-state index in [0.29, 0.717) is 17.5 Å². The maximum Gasteiger partial charge on any atom is 0.319 e. The molecule has 2 amide bonds. The van der Waals surface area contributed by atoms with Gasteiger partial charge in [0.15, 0.2) is 0 Å². The van der Waals surface area contributed by atoms with Gasteiger partial charge in [-0.1, -0.05) is 90.1 Å².